The van der Waals surface area contributed by atoms with Crippen molar-refractivity contribution < 1.29 is 0 Å². The third-order valence-electron chi connectivity index (χ3n) is 2.89. The Morgan fingerprint density at radius 1 is 1.53 bits per heavy atom. The van der Waals surface area contributed by atoms with Crippen LogP contribution in [0.4, 0.5) is 5.82 Å². The zero-order valence-electron chi connectivity index (χ0n) is 9.33. The molecule has 2 rings (SSSR count). The first kappa shape index (κ1) is 10.4. The summed E-state index contributed by atoms with van der Waals surface area (Å²) in [4.78, 5) is 0. The van der Waals surface area contributed by atoms with E-state index in [1.165, 1.54) is 12.8 Å². The molecule has 2 unspecified atom stereocenters. The van der Waals surface area contributed by atoms with Crippen LogP contribution < -0.4 is 10.6 Å². The Labute approximate surface area is 90.5 Å². The lowest BCUT2D eigenvalue weighted by Gasteiger charge is -2.30. The molecule has 1 aliphatic heterocycles. The predicted molar refractivity (Wildman–Crippen MR) is 60.9 cm³/mol. The summed E-state index contributed by atoms with van der Waals surface area (Å²) < 4.78 is 0. The molecule has 2 N–H and O–H groups in total. The summed E-state index contributed by atoms with van der Waals surface area (Å²) in [7, 11) is 0. The van der Waals surface area contributed by atoms with E-state index < -0.39 is 0 Å². The van der Waals surface area contributed by atoms with Crippen molar-refractivity contribution in [1.29, 1.82) is 0 Å². The quantitative estimate of drug-likeness (QED) is 0.766. The molecular weight excluding hydrogens is 188 g/mol. The van der Waals surface area contributed by atoms with E-state index in [2.05, 4.69) is 27.8 Å². The number of aryl methyl sites for hydroxylation is 1. The van der Waals surface area contributed by atoms with Crippen molar-refractivity contribution in [1.82, 2.24) is 15.5 Å². The average molecular weight is 206 g/mol. The lowest BCUT2D eigenvalue weighted by atomic mass is 10.00. The summed E-state index contributed by atoms with van der Waals surface area (Å²) in [6.45, 7) is 5.36. The lowest BCUT2D eigenvalue weighted by Crippen LogP contribution is -2.46. The zero-order chi connectivity index (χ0) is 10.7. The van der Waals surface area contributed by atoms with Crippen molar-refractivity contribution in [2.75, 3.05) is 11.9 Å². The fourth-order valence-electron chi connectivity index (χ4n) is 1.97. The number of rotatable bonds is 2. The number of hydrogen-bond acceptors (Lipinski definition) is 4. The highest BCUT2D eigenvalue weighted by Gasteiger charge is 2.20. The monoisotopic (exact) mass is 206 g/mol. The Kier molecular flexibility index (Phi) is 3.16. The van der Waals surface area contributed by atoms with Gasteiger partial charge in [0.1, 0.15) is 5.82 Å². The number of anilines is 1. The number of hydrogen-bond donors (Lipinski definition) is 2. The molecule has 1 aromatic heterocycles. The van der Waals surface area contributed by atoms with Gasteiger partial charge in [-0.1, -0.05) is 0 Å². The molecule has 0 aromatic carbocycles. The van der Waals surface area contributed by atoms with Crippen LogP contribution in [0.1, 0.15) is 25.3 Å². The van der Waals surface area contributed by atoms with Gasteiger partial charge < -0.3 is 10.6 Å². The molecule has 0 saturated carbocycles. The third-order valence-corrected chi connectivity index (χ3v) is 2.89. The summed E-state index contributed by atoms with van der Waals surface area (Å²) in [6.07, 6.45) is 4.19. The van der Waals surface area contributed by atoms with E-state index >= 15 is 0 Å². The highest BCUT2D eigenvalue weighted by Crippen LogP contribution is 2.14. The minimum absolute atomic E-state index is 0.467. The molecule has 1 aromatic rings. The van der Waals surface area contributed by atoms with E-state index in [0.29, 0.717) is 12.1 Å². The van der Waals surface area contributed by atoms with Crippen LogP contribution in [-0.2, 0) is 0 Å². The second kappa shape index (κ2) is 4.57. The predicted octanol–water partition coefficient (Wildman–Crippen LogP) is 1.34. The van der Waals surface area contributed by atoms with Gasteiger partial charge in [-0.2, -0.15) is 5.10 Å². The van der Waals surface area contributed by atoms with Gasteiger partial charge in [0.05, 0.1) is 6.20 Å². The molecule has 1 aliphatic rings. The molecule has 4 heteroatoms. The van der Waals surface area contributed by atoms with Gasteiger partial charge in [0.2, 0.25) is 0 Å². The summed E-state index contributed by atoms with van der Waals surface area (Å²) in [5, 5.41) is 14.9. The summed E-state index contributed by atoms with van der Waals surface area (Å²) in [6, 6.07) is 3.00. The highest BCUT2D eigenvalue weighted by atomic mass is 15.2. The Morgan fingerprint density at radius 3 is 3.13 bits per heavy atom. The minimum atomic E-state index is 0.467. The molecule has 0 aliphatic carbocycles. The molecule has 2 atom stereocenters. The van der Waals surface area contributed by atoms with Gasteiger partial charge in [-0.15, -0.1) is 5.10 Å². The second-order valence-electron chi connectivity index (χ2n) is 4.25. The van der Waals surface area contributed by atoms with Crippen LogP contribution in [-0.4, -0.2) is 28.8 Å². The van der Waals surface area contributed by atoms with E-state index in [1.807, 2.05) is 13.0 Å². The molecule has 0 spiro atoms. The van der Waals surface area contributed by atoms with Crippen LogP contribution in [0.2, 0.25) is 0 Å². The van der Waals surface area contributed by atoms with Gasteiger partial charge in [0.15, 0.2) is 0 Å². The zero-order valence-corrected chi connectivity index (χ0v) is 9.33. The summed E-state index contributed by atoms with van der Waals surface area (Å²) in [5.41, 5.74) is 1.14. The molecule has 0 amide bonds. The van der Waals surface area contributed by atoms with Gasteiger partial charge in [-0.3, -0.25) is 0 Å². The van der Waals surface area contributed by atoms with Gasteiger partial charge >= 0.3 is 0 Å². The van der Waals surface area contributed by atoms with E-state index in [-0.39, 0.29) is 0 Å². The molecule has 15 heavy (non-hydrogen) atoms. The maximum Gasteiger partial charge on any atom is 0.149 e. The number of piperidine rings is 1. The second-order valence-corrected chi connectivity index (χ2v) is 4.25. The molecular formula is C11H18N4. The molecule has 82 valence electrons. The third kappa shape index (κ3) is 2.65. The van der Waals surface area contributed by atoms with Gasteiger partial charge in [-0.25, -0.2) is 0 Å². The summed E-state index contributed by atoms with van der Waals surface area (Å²) >= 11 is 0. The molecule has 0 radical (unpaired) electrons. The fraction of sp³-hybridized carbons (Fsp3) is 0.636. The molecule has 1 fully saturated rings. The van der Waals surface area contributed by atoms with Gasteiger partial charge in [-0.05, 0) is 44.9 Å². The van der Waals surface area contributed by atoms with E-state index in [0.717, 1.165) is 17.9 Å². The SMILES string of the molecule is Cc1cnnc(NC2CCCNC2C)c1. The van der Waals surface area contributed by atoms with Crippen molar-refractivity contribution in [2.45, 2.75) is 38.8 Å². The Morgan fingerprint density at radius 2 is 2.40 bits per heavy atom. The van der Waals surface area contributed by atoms with Crippen LogP contribution in [0.25, 0.3) is 0 Å². The van der Waals surface area contributed by atoms with E-state index in [4.69, 9.17) is 0 Å². The van der Waals surface area contributed by atoms with Gasteiger partial charge in [0.25, 0.3) is 0 Å². The molecule has 1 saturated heterocycles. The van der Waals surface area contributed by atoms with Crippen molar-refractivity contribution in [3.05, 3.63) is 17.8 Å². The first-order valence-electron chi connectivity index (χ1n) is 5.55. The number of nitrogens with one attached hydrogen (secondary N) is 2. The fourth-order valence-corrected chi connectivity index (χ4v) is 1.97. The molecule has 2 heterocycles. The first-order chi connectivity index (χ1) is 7.25. The van der Waals surface area contributed by atoms with Crippen LogP contribution in [0.15, 0.2) is 12.3 Å². The van der Waals surface area contributed by atoms with Crippen molar-refractivity contribution >= 4 is 5.82 Å². The Balaban J connectivity index is 2.01. The Hall–Kier alpha value is -1.16. The minimum Gasteiger partial charge on any atom is -0.364 e. The standard InChI is InChI=1S/C11H18N4/c1-8-6-11(15-13-7-8)14-10-4-3-5-12-9(10)2/h6-7,9-10,12H,3-5H2,1-2H3,(H,14,15). The average Bonchev–Trinajstić information content (AvgIpc) is 2.22. The van der Waals surface area contributed by atoms with Gasteiger partial charge in [0, 0.05) is 12.1 Å². The van der Waals surface area contributed by atoms with E-state index in [1.54, 1.807) is 6.20 Å². The van der Waals surface area contributed by atoms with Crippen LogP contribution in [0.5, 0.6) is 0 Å². The van der Waals surface area contributed by atoms with Crippen molar-refractivity contribution in [2.24, 2.45) is 0 Å². The number of aromatic nitrogens is 2. The van der Waals surface area contributed by atoms with Crippen LogP contribution >= 0.6 is 0 Å². The van der Waals surface area contributed by atoms with Crippen LogP contribution in [0, 0.1) is 6.92 Å². The normalized spacial score (nSPS) is 26.3. The maximum atomic E-state index is 4.08. The lowest BCUT2D eigenvalue weighted by molar-refractivity contribution is 0.388. The highest BCUT2D eigenvalue weighted by molar-refractivity contribution is 5.36. The molecule has 4 nitrogen and oxygen atoms in total. The number of nitrogens with zero attached hydrogens (tertiary/aromatic N) is 2. The molecule has 0 bridgehead atoms. The first-order valence-corrected chi connectivity index (χ1v) is 5.55. The smallest absolute Gasteiger partial charge is 0.149 e. The maximum absolute atomic E-state index is 4.08. The van der Waals surface area contributed by atoms with E-state index in [9.17, 15) is 0 Å². The van der Waals surface area contributed by atoms with Crippen LogP contribution in [0.3, 0.4) is 0 Å². The summed E-state index contributed by atoms with van der Waals surface area (Å²) in [5.74, 6) is 0.885. The van der Waals surface area contributed by atoms with Crippen molar-refractivity contribution in [3.63, 3.8) is 0 Å². The topological polar surface area (TPSA) is 49.8 Å². The largest absolute Gasteiger partial charge is 0.364 e. The Bertz CT molecular complexity index is 326. The van der Waals surface area contributed by atoms with Crippen molar-refractivity contribution in [3.8, 4) is 0 Å².